The average Bonchev–Trinajstić information content (AvgIpc) is 2.59. The van der Waals surface area contributed by atoms with Crippen molar-refractivity contribution in [2.24, 2.45) is 0 Å². The van der Waals surface area contributed by atoms with Crippen molar-refractivity contribution in [3.63, 3.8) is 0 Å². The number of fused-ring (bicyclic) bond motifs is 1. The normalized spacial score (nSPS) is 15.7. The summed E-state index contributed by atoms with van der Waals surface area (Å²) >= 11 is 0. The van der Waals surface area contributed by atoms with Gasteiger partial charge in [0, 0.05) is 13.1 Å². The van der Waals surface area contributed by atoms with Gasteiger partial charge < -0.3 is 15.0 Å². The van der Waals surface area contributed by atoms with E-state index in [1.807, 2.05) is 48.3 Å². The lowest BCUT2D eigenvalue weighted by molar-refractivity contribution is -0.134. The van der Waals surface area contributed by atoms with Gasteiger partial charge in [0.1, 0.15) is 5.75 Å². The fourth-order valence-electron chi connectivity index (χ4n) is 2.90. The molecule has 0 saturated carbocycles. The Bertz CT molecular complexity index is 650. The molecule has 2 aromatic rings. The van der Waals surface area contributed by atoms with Crippen molar-refractivity contribution >= 4 is 16.7 Å². The fraction of sp³-hybridized carbons (Fsp3) is 0.389. The van der Waals surface area contributed by atoms with Crippen molar-refractivity contribution in [2.75, 3.05) is 26.7 Å². The molecule has 0 spiro atoms. The van der Waals surface area contributed by atoms with E-state index in [0.29, 0.717) is 6.04 Å². The minimum atomic E-state index is 0.0417. The minimum absolute atomic E-state index is 0.0417. The van der Waals surface area contributed by atoms with Crippen LogP contribution in [0.25, 0.3) is 10.8 Å². The number of hydrogen-bond acceptors (Lipinski definition) is 3. The zero-order valence-corrected chi connectivity index (χ0v) is 12.9. The van der Waals surface area contributed by atoms with E-state index in [0.717, 1.165) is 37.1 Å². The molecule has 1 fully saturated rings. The highest BCUT2D eigenvalue weighted by Gasteiger charge is 2.21. The van der Waals surface area contributed by atoms with E-state index in [-0.39, 0.29) is 12.5 Å². The van der Waals surface area contributed by atoms with Crippen molar-refractivity contribution in [3.05, 3.63) is 42.5 Å². The van der Waals surface area contributed by atoms with E-state index in [1.54, 1.807) is 0 Å². The highest BCUT2D eigenvalue weighted by atomic mass is 16.5. The van der Waals surface area contributed by atoms with Crippen LogP contribution in [0, 0.1) is 0 Å². The molecule has 1 saturated heterocycles. The number of benzene rings is 2. The maximum atomic E-state index is 12.3. The quantitative estimate of drug-likeness (QED) is 0.942. The van der Waals surface area contributed by atoms with Crippen LogP contribution in [-0.4, -0.2) is 43.6 Å². The molecule has 3 rings (SSSR count). The number of carbonyl (C=O) groups excluding carboxylic acids is 1. The molecule has 0 bridgehead atoms. The summed E-state index contributed by atoms with van der Waals surface area (Å²) in [6, 6.07) is 14.4. The number of nitrogens with one attached hydrogen (secondary N) is 1. The molecule has 4 heteroatoms. The SMILES string of the molecule is CN(C(=O)COc1ccc2ccccc2c1)C1CCNCC1. The number of hydrogen-bond donors (Lipinski definition) is 1. The van der Waals surface area contributed by atoms with Crippen LogP contribution < -0.4 is 10.1 Å². The summed E-state index contributed by atoms with van der Waals surface area (Å²) in [6.07, 6.45) is 2.02. The Labute approximate surface area is 131 Å². The van der Waals surface area contributed by atoms with E-state index >= 15 is 0 Å². The lowest BCUT2D eigenvalue weighted by atomic mass is 10.1. The largest absolute Gasteiger partial charge is 0.484 e. The smallest absolute Gasteiger partial charge is 0.260 e. The van der Waals surface area contributed by atoms with Crippen molar-refractivity contribution in [2.45, 2.75) is 18.9 Å². The van der Waals surface area contributed by atoms with Gasteiger partial charge >= 0.3 is 0 Å². The summed E-state index contributed by atoms with van der Waals surface area (Å²) in [5.74, 6) is 0.783. The topological polar surface area (TPSA) is 41.6 Å². The number of carbonyl (C=O) groups is 1. The molecule has 0 aliphatic carbocycles. The Hall–Kier alpha value is -2.07. The maximum absolute atomic E-state index is 12.3. The van der Waals surface area contributed by atoms with Crippen LogP contribution in [0.5, 0.6) is 5.75 Å². The molecule has 116 valence electrons. The summed E-state index contributed by atoms with van der Waals surface area (Å²) in [5.41, 5.74) is 0. The van der Waals surface area contributed by atoms with Gasteiger partial charge in [-0.25, -0.2) is 0 Å². The van der Waals surface area contributed by atoms with Crippen LogP contribution in [0.2, 0.25) is 0 Å². The summed E-state index contributed by atoms with van der Waals surface area (Å²) < 4.78 is 5.68. The molecule has 2 aromatic carbocycles. The first kappa shape index (κ1) is 14.9. The van der Waals surface area contributed by atoms with Gasteiger partial charge in [0.15, 0.2) is 6.61 Å². The zero-order chi connectivity index (χ0) is 15.4. The molecule has 0 radical (unpaired) electrons. The average molecular weight is 298 g/mol. The van der Waals surface area contributed by atoms with Crippen molar-refractivity contribution in [1.82, 2.24) is 10.2 Å². The van der Waals surface area contributed by atoms with Crippen molar-refractivity contribution in [3.8, 4) is 5.75 Å². The summed E-state index contributed by atoms with van der Waals surface area (Å²) in [6.45, 7) is 2.06. The lowest BCUT2D eigenvalue weighted by Gasteiger charge is -2.31. The molecule has 1 aliphatic rings. The van der Waals surface area contributed by atoms with Gasteiger partial charge in [-0.2, -0.15) is 0 Å². The predicted octanol–water partition coefficient (Wildman–Crippen LogP) is 2.43. The van der Waals surface area contributed by atoms with Gasteiger partial charge in [-0.1, -0.05) is 30.3 Å². The van der Waals surface area contributed by atoms with Gasteiger partial charge in [-0.05, 0) is 48.8 Å². The van der Waals surface area contributed by atoms with Gasteiger partial charge in [0.05, 0.1) is 0 Å². The number of ether oxygens (including phenoxy) is 1. The van der Waals surface area contributed by atoms with Crippen molar-refractivity contribution in [1.29, 1.82) is 0 Å². The molecule has 0 unspecified atom stereocenters. The summed E-state index contributed by atoms with van der Waals surface area (Å²) in [7, 11) is 1.88. The zero-order valence-electron chi connectivity index (χ0n) is 12.9. The highest BCUT2D eigenvalue weighted by Crippen LogP contribution is 2.20. The third-order valence-electron chi connectivity index (χ3n) is 4.33. The van der Waals surface area contributed by atoms with E-state index < -0.39 is 0 Å². The summed E-state index contributed by atoms with van der Waals surface area (Å²) in [4.78, 5) is 14.1. The monoisotopic (exact) mass is 298 g/mol. The number of piperidine rings is 1. The second-order valence-corrected chi connectivity index (χ2v) is 5.78. The van der Waals surface area contributed by atoms with Gasteiger partial charge in [0.2, 0.25) is 0 Å². The van der Waals surface area contributed by atoms with E-state index in [4.69, 9.17) is 4.74 Å². The molecule has 4 nitrogen and oxygen atoms in total. The molecule has 1 amide bonds. The first-order chi connectivity index (χ1) is 10.7. The predicted molar refractivity (Wildman–Crippen MR) is 88.1 cm³/mol. The van der Waals surface area contributed by atoms with Crippen LogP contribution >= 0.6 is 0 Å². The first-order valence-electron chi connectivity index (χ1n) is 7.82. The molecule has 0 atom stereocenters. The first-order valence-corrected chi connectivity index (χ1v) is 7.82. The number of rotatable bonds is 4. The van der Waals surface area contributed by atoms with E-state index in [2.05, 4.69) is 11.4 Å². The second kappa shape index (κ2) is 6.79. The van der Waals surface area contributed by atoms with Gasteiger partial charge in [0.25, 0.3) is 5.91 Å². The Kier molecular flexibility index (Phi) is 4.59. The van der Waals surface area contributed by atoms with Crippen LogP contribution in [0.1, 0.15) is 12.8 Å². The van der Waals surface area contributed by atoms with Gasteiger partial charge in [-0.15, -0.1) is 0 Å². The lowest BCUT2D eigenvalue weighted by Crippen LogP contribution is -2.45. The van der Waals surface area contributed by atoms with Crippen molar-refractivity contribution < 1.29 is 9.53 Å². The molecule has 1 heterocycles. The number of nitrogens with zero attached hydrogens (tertiary/aromatic N) is 1. The maximum Gasteiger partial charge on any atom is 0.260 e. The molecular formula is C18H22N2O2. The van der Waals surface area contributed by atoms with E-state index in [1.165, 1.54) is 5.39 Å². The Morgan fingerprint density at radius 3 is 2.68 bits per heavy atom. The standard InChI is InChI=1S/C18H22N2O2/c1-20(16-8-10-19-11-9-16)18(21)13-22-17-7-6-14-4-2-3-5-15(14)12-17/h2-7,12,16,19H,8-11,13H2,1H3. The highest BCUT2D eigenvalue weighted by molar-refractivity contribution is 5.84. The Balaban J connectivity index is 1.59. The minimum Gasteiger partial charge on any atom is -0.484 e. The summed E-state index contributed by atoms with van der Waals surface area (Å²) in [5, 5.41) is 5.61. The molecule has 1 N–H and O–H groups in total. The molecule has 0 aromatic heterocycles. The molecule has 1 aliphatic heterocycles. The molecular weight excluding hydrogens is 276 g/mol. The van der Waals surface area contributed by atoms with Crippen LogP contribution in [0.3, 0.4) is 0 Å². The fourth-order valence-corrected chi connectivity index (χ4v) is 2.90. The number of amides is 1. The third-order valence-corrected chi connectivity index (χ3v) is 4.33. The van der Waals surface area contributed by atoms with Crippen LogP contribution in [0.15, 0.2) is 42.5 Å². The third kappa shape index (κ3) is 3.39. The Morgan fingerprint density at radius 1 is 1.18 bits per heavy atom. The second-order valence-electron chi connectivity index (χ2n) is 5.78. The van der Waals surface area contributed by atoms with E-state index in [9.17, 15) is 4.79 Å². The number of likely N-dealkylation sites (N-methyl/N-ethyl adjacent to an activating group) is 1. The van der Waals surface area contributed by atoms with Crippen LogP contribution in [0.4, 0.5) is 0 Å². The van der Waals surface area contributed by atoms with Gasteiger partial charge in [-0.3, -0.25) is 4.79 Å². The Morgan fingerprint density at radius 2 is 1.91 bits per heavy atom. The molecule has 22 heavy (non-hydrogen) atoms. The van der Waals surface area contributed by atoms with Crippen LogP contribution in [-0.2, 0) is 4.79 Å².